The van der Waals surface area contributed by atoms with Crippen molar-refractivity contribution in [3.63, 3.8) is 0 Å². The molecule has 0 unspecified atom stereocenters. The van der Waals surface area contributed by atoms with Gasteiger partial charge in [0.05, 0.1) is 30.2 Å². The van der Waals surface area contributed by atoms with Gasteiger partial charge in [0, 0.05) is 13.2 Å². The van der Waals surface area contributed by atoms with Gasteiger partial charge >= 0.3 is 0 Å². The number of aromatic nitrogens is 3. The van der Waals surface area contributed by atoms with Crippen LogP contribution in [-0.4, -0.2) is 39.1 Å². The second-order valence-corrected chi connectivity index (χ2v) is 7.94. The van der Waals surface area contributed by atoms with Crippen molar-refractivity contribution in [2.75, 3.05) is 12.4 Å². The number of aryl methyl sites for hydroxylation is 1. The van der Waals surface area contributed by atoms with Gasteiger partial charge in [-0.2, -0.15) is 0 Å². The number of nitrogens with one attached hydrogen (secondary N) is 1. The molecule has 2 aromatic heterocycles. The highest BCUT2D eigenvalue weighted by Crippen LogP contribution is 2.28. The van der Waals surface area contributed by atoms with E-state index in [1.807, 2.05) is 47.9 Å². The molecule has 3 heterocycles. The molecular formula is C21H24N4O3S. The van der Waals surface area contributed by atoms with E-state index in [-0.39, 0.29) is 17.8 Å². The summed E-state index contributed by atoms with van der Waals surface area (Å²) in [7, 11) is 0. The fraction of sp³-hybridized carbons (Fsp3) is 0.381. The molecule has 0 saturated carbocycles. The predicted octanol–water partition coefficient (Wildman–Crippen LogP) is 3.43. The quantitative estimate of drug-likeness (QED) is 0.571. The van der Waals surface area contributed by atoms with Crippen molar-refractivity contribution >= 4 is 17.7 Å². The van der Waals surface area contributed by atoms with Gasteiger partial charge in [0.2, 0.25) is 5.91 Å². The lowest BCUT2D eigenvalue weighted by Gasteiger charge is -2.14. The molecule has 0 bridgehead atoms. The van der Waals surface area contributed by atoms with Crippen LogP contribution in [0.2, 0.25) is 0 Å². The molecule has 1 aliphatic rings. The summed E-state index contributed by atoms with van der Waals surface area (Å²) in [4.78, 5) is 12.3. The lowest BCUT2D eigenvalue weighted by Crippen LogP contribution is -2.25. The Morgan fingerprint density at radius 1 is 1.28 bits per heavy atom. The number of hydrogen-bond donors (Lipinski definition) is 1. The van der Waals surface area contributed by atoms with E-state index < -0.39 is 0 Å². The molecule has 1 amide bonds. The maximum Gasteiger partial charge on any atom is 0.230 e. The van der Waals surface area contributed by atoms with Gasteiger partial charge in [-0.15, -0.1) is 10.2 Å². The van der Waals surface area contributed by atoms with Gasteiger partial charge in [-0.25, -0.2) is 0 Å². The fourth-order valence-electron chi connectivity index (χ4n) is 3.35. The third kappa shape index (κ3) is 4.89. The van der Waals surface area contributed by atoms with Gasteiger partial charge in [0.15, 0.2) is 11.0 Å². The zero-order valence-electron chi connectivity index (χ0n) is 16.3. The molecule has 152 valence electrons. The molecule has 1 N–H and O–H groups in total. The molecule has 8 heteroatoms. The van der Waals surface area contributed by atoms with Crippen LogP contribution in [0.25, 0.3) is 11.4 Å². The molecular weight excluding hydrogens is 388 g/mol. The lowest BCUT2D eigenvalue weighted by atomic mass is 10.2. The first-order valence-electron chi connectivity index (χ1n) is 9.73. The van der Waals surface area contributed by atoms with E-state index in [4.69, 9.17) is 9.15 Å². The van der Waals surface area contributed by atoms with Crippen LogP contribution >= 0.6 is 11.8 Å². The van der Waals surface area contributed by atoms with Crippen LogP contribution in [0.15, 0.2) is 52.2 Å². The minimum absolute atomic E-state index is 0.0356. The summed E-state index contributed by atoms with van der Waals surface area (Å²) in [6, 6.07) is 11.8. The van der Waals surface area contributed by atoms with Gasteiger partial charge in [-0.1, -0.05) is 42.1 Å². The van der Waals surface area contributed by atoms with Gasteiger partial charge in [-0.3, -0.25) is 9.36 Å². The SMILES string of the molecule is Cc1occc1-c1nnc(SCC(=O)NCc2ccccc2)n1C[C@@H]1CCCO1. The molecule has 0 aliphatic carbocycles. The number of hydrogen-bond acceptors (Lipinski definition) is 6. The first-order valence-corrected chi connectivity index (χ1v) is 10.7. The molecule has 7 nitrogen and oxygen atoms in total. The first-order chi connectivity index (χ1) is 14.2. The Hall–Kier alpha value is -2.58. The van der Waals surface area contributed by atoms with Crippen molar-refractivity contribution in [1.82, 2.24) is 20.1 Å². The Bertz CT molecular complexity index is 948. The zero-order valence-corrected chi connectivity index (χ0v) is 17.2. The minimum Gasteiger partial charge on any atom is -0.469 e. The largest absolute Gasteiger partial charge is 0.469 e. The Labute approximate surface area is 173 Å². The summed E-state index contributed by atoms with van der Waals surface area (Å²) in [5.74, 6) is 1.79. The second-order valence-electron chi connectivity index (χ2n) is 6.99. The monoisotopic (exact) mass is 412 g/mol. The maximum atomic E-state index is 12.3. The van der Waals surface area contributed by atoms with Gasteiger partial charge in [0.1, 0.15) is 5.76 Å². The van der Waals surface area contributed by atoms with E-state index in [0.717, 1.165) is 42.2 Å². The molecule has 1 aromatic carbocycles. The molecule has 4 rings (SSSR count). The number of carbonyl (C=O) groups is 1. The van der Waals surface area contributed by atoms with Crippen molar-refractivity contribution in [3.05, 3.63) is 54.0 Å². The van der Waals surface area contributed by atoms with E-state index in [1.165, 1.54) is 11.8 Å². The van der Waals surface area contributed by atoms with Crippen LogP contribution in [0.3, 0.4) is 0 Å². The topological polar surface area (TPSA) is 82.2 Å². The highest BCUT2D eigenvalue weighted by molar-refractivity contribution is 7.99. The normalized spacial score (nSPS) is 16.2. The van der Waals surface area contributed by atoms with Crippen molar-refractivity contribution in [2.45, 2.75) is 44.1 Å². The second kappa shape index (κ2) is 9.28. The molecule has 0 spiro atoms. The van der Waals surface area contributed by atoms with Crippen molar-refractivity contribution < 1.29 is 13.9 Å². The smallest absolute Gasteiger partial charge is 0.230 e. The molecule has 1 saturated heterocycles. The summed E-state index contributed by atoms with van der Waals surface area (Å²) in [6.45, 7) is 3.88. The highest BCUT2D eigenvalue weighted by Gasteiger charge is 2.23. The number of thioether (sulfide) groups is 1. The van der Waals surface area contributed by atoms with Crippen LogP contribution < -0.4 is 5.32 Å². The van der Waals surface area contributed by atoms with E-state index in [1.54, 1.807) is 6.26 Å². The number of carbonyl (C=O) groups excluding carboxylic acids is 1. The zero-order chi connectivity index (χ0) is 20.1. The average Bonchev–Trinajstić information content (AvgIpc) is 3.48. The highest BCUT2D eigenvalue weighted by atomic mass is 32.2. The van der Waals surface area contributed by atoms with Crippen LogP contribution in [0.5, 0.6) is 0 Å². The third-order valence-electron chi connectivity index (χ3n) is 4.89. The third-order valence-corrected chi connectivity index (χ3v) is 5.86. The maximum absolute atomic E-state index is 12.3. The van der Waals surface area contributed by atoms with Crippen LogP contribution in [0, 0.1) is 6.92 Å². The number of amides is 1. The number of benzene rings is 1. The van der Waals surface area contributed by atoms with E-state index >= 15 is 0 Å². The Balaban J connectivity index is 1.44. The Morgan fingerprint density at radius 2 is 2.14 bits per heavy atom. The van der Waals surface area contributed by atoms with Crippen LogP contribution in [-0.2, 0) is 22.6 Å². The summed E-state index contributed by atoms with van der Waals surface area (Å²) in [6.07, 6.45) is 3.88. The van der Waals surface area contributed by atoms with Gasteiger partial charge in [0.25, 0.3) is 0 Å². The number of furan rings is 1. The van der Waals surface area contributed by atoms with Crippen LogP contribution in [0.1, 0.15) is 24.2 Å². The molecule has 1 fully saturated rings. The Kier molecular flexibility index (Phi) is 6.31. The molecule has 29 heavy (non-hydrogen) atoms. The molecule has 3 aromatic rings. The van der Waals surface area contributed by atoms with Crippen molar-refractivity contribution in [2.24, 2.45) is 0 Å². The lowest BCUT2D eigenvalue weighted by molar-refractivity contribution is -0.118. The van der Waals surface area contributed by atoms with Gasteiger partial charge in [-0.05, 0) is 31.4 Å². The molecule has 1 aliphatic heterocycles. The Morgan fingerprint density at radius 3 is 2.86 bits per heavy atom. The molecule has 1 atom stereocenters. The van der Waals surface area contributed by atoms with Crippen LogP contribution in [0.4, 0.5) is 0 Å². The van der Waals surface area contributed by atoms with Gasteiger partial charge < -0.3 is 14.5 Å². The average molecular weight is 413 g/mol. The van der Waals surface area contributed by atoms with E-state index in [2.05, 4.69) is 15.5 Å². The standard InChI is InChI=1S/C21H24N4O3S/c1-15-18(9-11-27-15)20-23-24-21(25(20)13-17-8-5-10-28-17)29-14-19(26)22-12-16-6-3-2-4-7-16/h2-4,6-7,9,11,17H,5,8,10,12-14H2,1H3,(H,22,26)/t17-/m0/s1. The van der Waals surface area contributed by atoms with E-state index in [9.17, 15) is 4.79 Å². The number of ether oxygens (including phenoxy) is 1. The first kappa shape index (κ1) is 19.7. The van der Waals surface area contributed by atoms with Crippen molar-refractivity contribution in [1.29, 1.82) is 0 Å². The number of rotatable bonds is 8. The minimum atomic E-state index is -0.0356. The fourth-order valence-corrected chi connectivity index (χ4v) is 4.12. The van der Waals surface area contributed by atoms with Crippen molar-refractivity contribution in [3.8, 4) is 11.4 Å². The number of nitrogens with zero attached hydrogens (tertiary/aromatic N) is 3. The summed E-state index contributed by atoms with van der Waals surface area (Å²) in [5, 5.41) is 12.4. The summed E-state index contributed by atoms with van der Waals surface area (Å²) in [5.41, 5.74) is 1.99. The predicted molar refractivity (Wildman–Crippen MR) is 110 cm³/mol. The van der Waals surface area contributed by atoms with E-state index in [0.29, 0.717) is 18.2 Å². The molecule has 0 radical (unpaired) electrons. The summed E-state index contributed by atoms with van der Waals surface area (Å²) >= 11 is 1.39. The summed E-state index contributed by atoms with van der Waals surface area (Å²) < 4.78 is 13.3.